The first-order chi connectivity index (χ1) is 7.86. The van der Waals surface area contributed by atoms with Gasteiger partial charge in [-0.15, -0.1) is 0 Å². The molecule has 1 N–H and O–H groups in total. The minimum absolute atomic E-state index is 0.193. The molecule has 0 radical (unpaired) electrons. The number of nitrogens with zero attached hydrogens (tertiary/aromatic N) is 2. The highest BCUT2D eigenvalue weighted by Crippen LogP contribution is 1.96. The van der Waals surface area contributed by atoms with Crippen LogP contribution < -0.4 is 5.32 Å². The molecule has 0 unspecified atom stereocenters. The van der Waals surface area contributed by atoms with E-state index in [4.69, 9.17) is 9.15 Å². The van der Waals surface area contributed by atoms with E-state index in [1.807, 2.05) is 0 Å². The molecule has 1 fully saturated rings. The second-order valence-corrected chi connectivity index (χ2v) is 3.58. The molecule has 0 aromatic carbocycles. The van der Waals surface area contributed by atoms with Crippen LogP contribution in [-0.2, 0) is 4.74 Å². The normalized spacial score (nSPS) is 17.2. The Morgan fingerprint density at radius 3 is 3.00 bits per heavy atom. The van der Waals surface area contributed by atoms with Gasteiger partial charge in [0, 0.05) is 26.2 Å². The number of ether oxygens (including phenoxy) is 1. The molecule has 0 bridgehead atoms. The van der Waals surface area contributed by atoms with Gasteiger partial charge in [0.25, 0.3) is 5.91 Å². The molecule has 2 heterocycles. The van der Waals surface area contributed by atoms with E-state index >= 15 is 0 Å². The van der Waals surface area contributed by atoms with Gasteiger partial charge in [-0.2, -0.15) is 0 Å². The second kappa shape index (κ2) is 5.62. The summed E-state index contributed by atoms with van der Waals surface area (Å²) in [4.78, 5) is 17.5. The first-order valence-corrected chi connectivity index (χ1v) is 5.33. The summed E-state index contributed by atoms with van der Waals surface area (Å²) in [7, 11) is 0. The average molecular weight is 225 g/mol. The van der Waals surface area contributed by atoms with Gasteiger partial charge >= 0.3 is 0 Å². The molecule has 1 aliphatic heterocycles. The summed E-state index contributed by atoms with van der Waals surface area (Å²) >= 11 is 0. The van der Waals surface area contributed by atoms with Crippen molar-refractivity contribution in [3.05, 3.63) is 18.4 Å². The maximum Gasteiger partial charge on any atom is 0.273 e. The van der Waals surface area contributed by atoms with Crippen molar-refractivity contribution in [2.24, 2.45) is 0 Å². The number of carbonyl (C=O) groups is 1. The van der Waals surface area contributed by atoms with Crippen LogP contribution in [-0.4, -0.2) is 55.2 Å². The maximum absolute atomic E-state index is 11.5. The monoisotopic (exact) mass is 225 g/mol. The molecule has 88 valence electrons. The van der Waals surface area contributed by atoms with E-state index in [0.717, 1.165) is 32.8 Å². The van der Waals surface area contributed by atoms with Crippen LogP contribution in [0.1, 0.15) is 10.5 Å². The van der Waals surface area contributed by atoms with Crippen LogP contribution in [0.25, 0.3) is 0 Å². The molecule has 6 heteroatoms. The summed E-state index contributed by atoms with van der Waals surface area (Å²) in [6.07, 6.45) is 2.58. The predicted octanol–water partition coefficient (Wildman–Crippen LogP) is -0.263. The molecule has 6 nitrogen and oxygen atoms in total. The third-order valence-corrected chi connectivity index (χ3v) is 2.48. The lowest BCUT2D eigenvalue weighted by molar-refractivity contribution is 0.0383. The van der Waals surface area contributed by atoms with E-state index < -0.39 is 0 Å². The largest absolute Gasteiger partial charge is 0.451 e. The molecule has 0 spiro atoms. The molecule has 1 amide bonds. The van der Waals surface area contributed by atoms with Gasteiger partial charge in [0.05, 0.1) is 13.2 Å². The number of hydrogen-bond donors (Lipinski definition) is 1. The van der Waals surface area contributed by atoms with E-state index in [1.165, 1.54) is 12.7 Å². The number of oxazole rings is 1. The van der Waals surface area contributed by atoms with Gasteiger partial charge in [-0.3, -0.25) is 9.69 Å². The van der Waals surface area contributed by atoms with Crippen molar-refractivity contribution in [3.8, 4) is 0 Å². The lowest BCUT2D eigenvalue weighted by atomic mass is 10.4. The van der Waals surface area contributed by atoms with Gasteiger partial charge in [-0.1, -0.05) is 0 Å². The number of rotatable bonds is 4. The SMILES string of the molecule is O=C(NCCN1CCOCC1)c1cocn1. The maximum atomic E-state index is 11.5. The van der Waals surface area contributed by atoms with Gasteiger partial charge in [0.2, 0.25) is 0 Å². The van der Waals surface area contributed by atoms with Crippen LogP contribution in [0, 0.1) is 0 Å². The van der Waals surface area contributed by atoms with Crippen molar-refractivity contribution >= 4 is 5.91 Å². The minimum Gasteiger partial charge on any atom is -0.451 e. The highest BCUT2D eigenvalue weighted by Gasteiger charge is 2.11. The number of aromatic nitrogens is 1. The number of hydrogen-bond acceptors (Lipinski definition) is 5. The highest BCUT2D eigenvalue weighted by atomic mass is 16.5. The quantitative estimate of drug-likeness (QED) is 0.764. The Bertz CT molecular complexity index is 320. The Hall–Kier alpha value is -1.40. The van der Waals surface area contributed by atoms with Gasteiger partial charge in [0.1, 0.15) is 6.26 Å². The molecule has 0 saturated carbocycles. The summed E-state index contributed by atoms with van der Waals surface area (Å²) in [6, 6.07) is 0. The predicted molar refractivity (Wildman–Crippen MR) is 56.1 cm³/mol. The van der Waals surface area contributed by atoms with Crippen molar-refractivity contribution in [2.45, 2.75) is 0 Å². The molecule has 1 saturated heterocycles. The number of carbonyl (C=O) groups excluding carboxylic acids is 1. The van der Waals surface area contributed by atoms with E-state index in [0.29, 0.717) is 12.2 Å². The summed E-state index contributed by atoms with van der Waals surface area (Å²) < 4.78 is 9.97. The number of amides is 1. The zero-order valence-corrected chi connectivity index (χ0v) is 9.02. The van der Waals surface area contributed by atoms with Crippen molar-refractivity contribution in [1.29, 1.82) is 0 Å². The molecule has 1 aromatic rings. The average Bonchev–Trinajstić information content (AvgIpc) is 2.84. The first-order valence-electron chi connectivity index (χ1n) is 5.33. The zero-order valence-electron chi connectivity index (χ0n) is 9.02. The molecule has 0 aliphatic carbocycles. The van der Waals surface area contributed by atoms with Crippen LogP contribution in [0.5, 0.6) is 0 Å². The molecule has 2 rings (SSSR count). The Kier molecular flexibility index (Phi) is 3.90. The molecule has 1 aliphatic rings. The first kappa shape index (κ1) is 11.1. The lowest BCUT2D eigenvalue weighted by Gasteiger charge is -2.26. The van der Waals surface area contributed by atoms with Crippen LogP contribution in [0.3, 0.4) is 0 Å². The molecule has 1 aromatic heterocycles. The van der Waals surface area contributed by atoms with Gasteiger partial charge in [-0.25, -0.2) is 4.98 Å². The second-order valence-electron chi connectivity index (χ2n) is 3.58. The minimum atomic E-state index is -0.193. The fourth-order valence-electron chi connectivity index (χ4n) is 1.57. The Balaban J connectivity index is 1.66. The van der Waals surface area contributed by atoms with E-state index in [-0.39, 0.29) is 5.91 Å². The molecule has 0 atom stereocenters. The van der Waals surface area contributed by atoms with E-state index in [1.54, 1.807) is 0 Å². The third-order valence-electron chi connectivity index (χ3n) is 2.48. The fraction of sp³-hybridized carbons (Fsp3) is 0.600. The van der Waals surface area contributed by atoms with Crippen molar-refractivity contribution < 1.29 is 13.9 Å². The summed E-state index contributed by atoms with van der Waals surface area (Å²) in [5, 5.41) is 2.79. The summed E-state index contributed by atoms with van der Waals surface area (Å²) in [6.45, 7) is 4.87. The smallest absolute Gasteiger partial charge is 0.273 e. The van der Waals surface area contributed by atoms with Crippen molar-refractivity contribution in [2.75, 3.05) is 39.4 Å². The fourth-order valence-corrected chi connectivity index (χ4v) is 1.57. The van der Waals surface area contributed by atoms with Gasteiger partial charge in [-0.05, 0) is 0 Å². The highest BCUT2D eigenvalue weighted by molar-refractivity contribution is 5.91. The summed E-state index contributed by atoms with van der Waals surface area (Å²) in [5.74, 6) is -0.193. The van der Waals surface area contributed by atoms with Crippen LogP contribution in [0.2, 0.25) is 0 Å². The third kappa shape index (κ3) is 3.04. The number of morpholine rings is 1. The molecular weight excluding hydrogens is 210 g/mol. The topological polar surface area (TPSA) is 67.6 Å². The van der Waals surface area contributed by atoms with Crippen LogP contribution in [0.4, 0.5) is 0 Å². The van der Waals surface area contributed by atoms with E-state index in [2.05, 4.69) is 15.2 Å². The van der Waals surface area contributed by atoms with Crippen molar-refractivity contribution in [3.63, 3.8) is 0 Å². The van der Waals surface area contributed by atoms with E-state index in [9.17, 15) is 4.79 Å². The molecular formula is C10H15N3O3. The molecule has 16 heavy (non-hydrogen) atoms. The Morgan fingerprint density at radius 2 is 2.31 bits per heavy atom. The summed E-state index contributed by atoms with van der Waals surface area (Å²) in [5.41, 5.74) is 0.321. The van der Waals surface area contributed by atoms with Gasteiger partial charge < -0.3 is 14.5 Å². The zero-order chi connectivity index (χ0) is 11.2. The standard InChI is InChI=1S/C10H15N3O3/c14-10(9-7-16-8-12-9)11-1-2-13-3-5-15-6-4-13/h7-8H,1-6H2,(H,11,14). The van der Waals surface area contributed by atoms with Gasteiger partial charge in [0.15, 0.2) is 12.1 Å². The lowest BCUT2D eigenvalue weighted by Crippen LogP contribution is -2.41. The van der Waals surface area contributed by atoms with Crippen molar-refractivity contribution in [1.82, 2.24) is 15.2 Å². The Morgan fingerprint density at radius 1 is 1.50 bits per heavy atom. The Labute approximate surface area is 93.6 Å². The van der Waals surface area contributed by atoms with Crippen LogP contribution >= 0.6 is 0 Å². The number of nitrogens with one attached hydrogen (secondary N) is 1. The van der Waals surface area contributed by atoms with Crippen LogP contribution in [0.15, 0.2) is 17.1 Å².